The largest absolute Gasteiger partial charge is 0.417 e. The molecule has 0 saturated carbocycles. The van der Waals surface area contributed by atoms with Gasteiger partial charge in [-0.2, -0.15) is 23.4 Å². The fraction of sp³-hybridized carbons (Fsp3) is 0.308. The molecule has 0 aliphatic heterocycles. The fourth-order valence-corrected chi connectivity index (χ4v) is 2.37. The summed E-state index contributed by atoms with van der Waals surface area (Å²) in [6, 6.07) is 1.05. The highest BCUT2D eigenvalue weighted by Gasteiger charge is 2.35. The smallest absolute Gasteiger partial charge is 0.275 e. The maximum Gasteiger partial charge on any atom is 0.417 e. The molecule has 3 heterocycles. The van der Waals surface area contributed by atoms with Crippen LogP contribution in [-0.2, 0) is 20.3 Å². The SMILES string of the molecule is Cc1nn(C)c2nc(-c3cnn(C)c3)cc(C(F)(F)F)c12. The van der Waals surface area contributed by atoms with Gasteiger partial charge in [-0.25, -0.2) is 4.98 Å². The normalized spacial score (nSPS) is 12.3. The van der Waals surface area contributed by atoms with Crippen LogP contribution < -0.4 is 0 Å². The molecule has 0 spiro atoms. The number of rotatable bonds is 1. The number of fused-ring (bicyclic) bond motifs is 1. The summed E-state index contributed by atoms with van der Waals surface area (Å²) in [7, 11) is 3.27. The van der Waals surface area contributed by atoms with Crippen molar-refractivity contribution in [2.45, 2.75) is 13.1 Å². The van der Waals surface area contributed by atoms with Crippen molar-refractivity contribution in [2.75, 3.05) is 0 Å². The van der Waals surface area contributed by atoms with E-state index in [4.69, 9.17) is 0 Å². The van der Waals surface area contributed by atoms with E-state index in [0.717, 1.165) is 6.07 Å². The maximum atomic E-state index is 13.3. The van der Waals surface area contributed by atoms with Crippen LogP contribution in [0.2, 0.25) is 0 Å². The van der Waals surface area contributed by atoms with Crippen LogP contribution in [0.5, 0.6) is 0 Å². The molecule has 0 fully saturated rings. The first-order valence-electron chi connectivity index (χ1n) is 6.18. The Morgan fingerprint density at radius 2 is 1.90 bits per heavy atom. The molecule has 0 amide bonds. The lowest BCUT2D eigenvalue weighted by molar-refractivity contribution is -0.136. The molecule has 0 bridgehead atoms. The Kier molecular flexibility index (Phi) is 2.79. The van der Waals surface area contributed by atoms with Crippen LogP contribution in [0, 0.1) is 6.92 Å². The highest BCUT2D eigenvalue weighted by atomic mass is 19.4. The van der Waals surface area contributed by atoms with Gasteiger partial charge in [-0.15, -0.1) is 0 Å². The van der Waals surface area contributed by atoms with Crippen molar-refractivity contribution in [2.24, 2.45) is 14.1 Å². The molecule has 0 aliphatic carbocycles. The molecule has 0 radical (unpaired) electrons. The summed E-state index contributed by atoms with van der Waals surface area (Å²) in [5.74, 6) is 0. The molecule has 0 unspecified atom stereocenters. The third-order valence-electron chi connectivity index (χ3n) is 3.27. The lowest BCUT2D eigenvalue weighted by Crippen LogP contribution is -2.07. The van der Waals surface area contributed by atoms with Gasteiger partial charge in [-0.3, -0.25) is 9.36 Å². The van der Waals surface area contributed by atoms with Crippen molar-refractivity contribution in [3.05, 3.63) is 29.7 Å². The lowest BCUT2D eigenvalue weighted by Gasteiger charge is -2.10. The van der Waals surface area contributed by atoms with Crippen LogP contribution in [0.3, 0.4) is 0 Å². The third kappa shape index (κ3) is 2.16. The minimum atomic E-state index is -4.47. The third-order valence-corrected chi connectivity index (χ3v) is 3.27. The van der Waals surface area contributed by atoms with E-state index in [1.54, 1.807) is 27.2 Å². The number of halogens is 3. The Labute approximate surface area is 118 Å². The van der Waals surface area contributed by atoms with E-state index in [9.17, 15) is 13.2 Å². The number of pyridine rings is 1. The van der Waals surface area contributed by atoms with E-state index >= 15 is 0 Å². The van der Waals surface area contributed by atoms with E-state index in [-0.39, 0.29) is 16.7 Å². The van der Waals surface area contributed by atoms with Crippen molar-refractivity contribution < 1.29 is 13.2 Å². The molecule has 3 aromatic heterocycles. The first-order chi connectivity index (χ1) is 9.77. The summed E-state index contributed by atoms with van der Waals surface area (Å²) in [6.45, 7) is 1.54. The molecule has 8 heteroatoms. The molecule has 0 aromatic carbocycles. The molecule has 0 aliphatic rings. The number of aryl methyl sites for hydroxylation is 3. The summed E-state index contributed by atoms with van der Waals surface area (Å²) >= 11 is 0. The van der Waals surface area contributed by atoms with E-state index in [0.29, 0.717) is 11.3 Å². The Morgan fingerprint density at radius 1 is 1.19 bits per heavy atom. The van der Waals surface area contributed by atoms with Gasteiger partial charge in [-0.1, -0.05) is 0 Å². The van der Waals surface area contributed by atoms with Crippen LogP contribution in [0.15, 0.2) is 18.5 Å². The average Bonchev–Trinajstić information content (AvgIpc) is 2.93. The number of hydrogen-bond acceptors (Lipinski definition) is 3. The monoisotopic (exact) mass is 295 g/mol. The number of hydrogen-bond donors (Lipinski definition) is 0. The first kappa shape index (κ1) is 13.6. The van der Waals surface area contributed by atoms with Gasteiger partial charge >= 0.3 is 6.18 Å². The van der Waals surface area contributed by atoms with Crippen LogP contribution >= 0.6 is 0 Å². The molecule has 0 saturated heterocycles. The van der Waals surface area contributed by atoms with Crippen LogP contribution in [0.25, 0.3) is 22.3 Å². The summed E-state index contributed by atoms with van der Waals surface area (Å²) in [5, 5.41) is 8.04. The second kappa shape index (κ2) is 4.31. The van der Waals surface area contributed by atoms with Gasteiger partial charge in [0.1, 0.15) is 0 Å². The number of alkyl halides is 3. The van der Waals surface area contributed by atoms with E-state index in [1.165, 1.54) is 15.6 Å². The standard InChI is InChI=1S/C13H12F3N5/c1-7-11-9(13(14,15)16)4-10(8-5-17-20(2)6-8)18-12(11)21(3)19-7/h4-6H,1-3H3. The summed E-state index contributed by atoms with van der Waals surface area (Å²) < 4.78 is 42.8. The van der Waals surface area contributed by atoms with Crippen molar-refractivity contribution in [1.82, 2.24) is 24.5 Å². The summed E-state index contributed by atoms with van der Waals surface area (Å²) in [4.78, 5) is 4.30. The van der Waals surface area contributed by atoms with Crippen LogP contribution in [0.1, 0.15) is 11.3 Å². The molecule has 21 heavy (non-hydrogen) atoms. The van der Waals surface area contributed by atoms with Crippen molar-refractivity contribution in [3.63, 3.8) is 0 Å². The van der Waals surface area contributed by atoms with Crippen molar-refractivity contribution in [1.29, 1.82) is 0 Å². The van der Waals surface area contributed by atoms with Crippen LogP contribution in [0.4, 0.5) is 13.2 Å². The van der Waals surface area contributed by atoms with Gasteiger partial charge in [0.15, 0.2) is 5.65 Å². The topological polar surface area (TPSA) is 48.5 Å². The quantitative estimate of drug-likeness (QED) is 0.693. The van der Waals surface area contributed by atoms with Gasteiger partial charge in [-0.05, 0) is 13.0 Å². The fourth-order valence-electron chi connectivity index (χ4n) is 2.37. The minimum absolute atomic E-state index is 0.0395. The first-order valence-corrected chi connectivity index (χ1v) is 6.18. The lowest BCUT2D eigenvalue weighted by atomic mass is 10.1. The average molecular weight is 295 g/mol. The zero-order chi connectivity index (χ0) is 15.4. The Balaban J connectivity index is 2.37. The van der Waals surface area contributed by atoms with E-state index in [1.807, 2.05) is 0 Å². The Morgan fingerprint density at radius 3 is 2.48 bits per heavy atom. The predicted octanol–water partition coefficient (Wildman–Crippen LogP) is 2.70. The summed E-state index contributed by atoms with van der Waals surface area (Å²) in [6.07, 6.45) is -1.36. The Bertz CT molecular complexity index is 828. The highest BCUT2D eigenvalue weighted by Crippen LogP contribution is 2.37. The van der Waals surface area contributed by atoms with Crippen LogP contribution in [-0.4, -0.2) is 24.5 Å². The van der Waals surface area contributed by atoms with E-state index in [2.05, 4.69) is 15.2 Å². The highest BCUT2D eigenvalue weighted by molar-refractivity contribution is 5.85. The van der Waals surface area contributed by atoms with Gasteiger partial charge in [0, 0.05) is 25.9 Å². The zero-order valence-corrected chi connectivity index (χ0v) is 11.6. The van der Waals surface area contributed by atoms with Gasteiger partial charge in [0.25, 0.3) is 0 Å². The zero-order valence-electron chi connectivity index (χ0n) is 11.6. The molecule has 0 atom stereocenters. The van der Waals surface area contributed by atoms with Gasteiger partial charge in [0.05, 0.1) is 28.5 Å². The molecule has 3 aromatic rings. The second-order valence-electron chi connectivity index (χ2n) is 4.86. The minimum Gasteiger partial charge on any atom is -0.275 e. The van der Waals surface area contributed by atoms with E-state index < -0.39 is 11.7 Å². The van der Waals surface area contributed by atoms with Gasteiger partial charge < -0.3 is 0 Å². The number of aromatic nitrogens is 5. The summed E-state index contributed by atoms with van der Waals surface area (Å²) in [5.41, 5.74) is 0.554. The molecule has 5 nitrogen and oxygen atoms in total. The molecular weight excluding hydrogens is 283 g/mol. The Hall–Kier alpha value is -2.38. The maximum absolute atomic E-state index is 13.3. The predicted molar refractivity (Wildman–Crippen MR) is 70.5 cm³/mol. The number of nitrogens with zero attached hydrogens (tertiary/aromatic N) is 5. The van der Waals surface area contributed by atoms with Gasteiger partial charge in [0.2, 0.25) is 0 Å². The molecular formula is C13H12F3N5. The van der Waals surface area contributed by atoms with Crippen molar-refractivity contribution in [3.8, 4) is 11.3 Å². The molecule has 3 rings (SSSR count). The second-order valence-corrected chi connectivity index (χ2v) is 4.86. The molecule has 110 valence electrons. The molecule has 0 N–H and O–H groups in total. The van der Waals surface area contributed by atoms with Crippen molar-refractivity contribution >= 4 is 11.0 Å².